The zero-order chi connectivity index (χ0) is 12.3. The minimum Gasteiger partial charge on any atom is -0.306 e. The minimum atomic E-state index is 0.286. The predicted octanol–water partition coefficient (Wildman–Crippen LogP) is 4.52. The summed E-state index contributed by atoms with van der Waals surface area (Å²) in [5, 5.41) is 5.67. The first-order chi connectivity index (χ1) is 8.22. The van der Waals surface area contributed by atoms with Gasteiger partial charge in [0.25, 0.3) is 0 Å². The zero-order valence-electron chi connectivity index (χ0n) is 10.0. The van der Waals surface area contributed by atoms with E-state index in [-0.39, 0.29) is 6.04 Å². The Balaban J connectivity index is 2.39. The topological polar surface area (TPSA) is 12.0 Å². The Bertz CT molecular complexity index is 492. The van der Waals surface area contributed by atoms with Gasteiger partial charge < -0.3 is 5.32 Å². The molecule has 1 nitrogen and oxygen atoms in total. The Labute approximate surface area is 115 Å². The van der Waals surface area contributed by atoms with E-state index in [0.717, 1.165) is 6.54 Å². The Morgan fingerprint density at radius 2 is 2.18 bits per heavy atom. The smallest absolute Gasteiger partial charge is 0.0682 e. The lowest BCUT2D eigenvalue weighted by Crippen LogP contribution is -2.21. The molecule has 0 fully saturated rings. The van der Waals surface area contributed by atoms with Gasteiger partial charge in [-0.1, -0.05) is 36.8 Å². The molecule has 0 aliphatic heterocycles. The van der Waals surface area contributed by atoms with Crippen LogP contribution in [0.2, 0.25) is 0 Å². The quantitative estimate of drug-likeness (QED) is 0.875. The van der Waals surface area contributed by atoms with E-state index >= 15 is 0 Å². The van der Waals surface area contributed by atoms with Gasteiger partial charge in [0, 0.05) is 9.35 Å². The number of benzene rings is 1. The molecule has 0 spiro atoms. The van der Waals surface area contributed by atoms with Gasteiger partial charge in [0.1, 0.15) is 0 Å². The van der Waals surface area contributed by atoms with Crippen molar-refractivity contribution in [3.05, 3.63) is 56.2 Å². The molecular formula is C14H16BrNS. The Hall–Kier alpha value is -0.640. The van der Waals surface area contributed by atoms with E-state index in [0.29, 0.717) is 0 Å². The molecule has 0 amide bonds. The fourth-order valence-corrected chi connectivity index (χ4v) is 3.63. The Morgan fingerprint density at radius 1 is 1.35 bits per heavy atom. The van der Waals surface area contributed by atoms with Gasteiger partial charge in [0.15, 0.2) is 0 Å². The summed E-state index contributed by atoms with van der Waals surface area (Å²) in [6.45, 7) is 5.24. The van der Waals surface area contributed by atoms with Crippen molar-refractivity contribution < 1.29 is 0 Å². The number of aryl methyl sites for hydroxylation is 1. The van der Waals surface area contributed by atoms with Crippen molar-refractivity contribution in [3.8, 4) is 0 Å². The molecule has 1 N–H and O–H groups in total. The fraction of sp³-hybridized carbons (Fsp3) is 0.286. The van der Waals surface area contributed by atoms with Crippen LogP contribution in [0.4, 0.5) is 0 Å². The maximum absolute atomic E-state index is 3.62. The molecule has 90 valence electrons. The number of halogens is 1. The average molecular weight is 310 g/mol. The van der Waals surface area contributed by atoms with E-state index in [4.69, 9.17) is 0 Å². The second-order valence-corrected chi connectivity index (χ2v) is 5.84. The lowest BCUT2D eigenvalue weighted by molar-refractivity contribution is 0.637. The third-order valence-electron chi connectivity index (χ3n) is 2.69. The van der Waals surface area contributed by atoms with Crippen LogP contribution < -0.4 is 5.32 Å². The van der Waals surface area contributed by atoms with Crippen LogP contribution in [0.25, 0.3) is 0 Å². The molecular weight excluding hydrogens is 294 g/mol. The van der Waals surface area contributed by atoms with Crippen LogP contribution in [0, 0.1) is 6.92 Å². The first-order valence-corrected chi connectivity index (χ1v) is 7.42. The SMILES string of the molecule is CCNC(c1cccc(C)c1)c1sccc1Br. The molecule has 2 rings (SSSR count). The van der Waals surface area contributed by atoms with Crippen molar-refractivity contribution in [2.75, 3.05) is 6.54 Å². The summed E-state index contributed by atoms with van der Waals surface area (Å²) in [7, 11) is 0. The molecule has 0 radical (unpaired) electrons. The van der Waals surface area contributed by atoms with Gasteiger partial charge in [-0.2, -0.15) is 0 Å². The molecule has 0 saturated heterocycles. The molecule has 1 aromatic carbocycles. The third kappa shape index (κ3) is 2.97. The lowest BCUT2D eigenvalue weighted by atomic mass is 10.0. The van der Waals surface area contributed by atoms with Crippen LogP contribution in [-0.4, -0.2) is 6.54 Å². The normalized spacial score (nSPS) is 12.6. The van der Waals surface area contributed by atoms with E-state index in [1.165, 1.54) is 20.5 Å². The first kappa shape index (κ1) is 12.8. The number of hydrogen-bond donors (Lipinski definition) is 1. The van der Waals surface area contributed by atoms with Gasteiger partial charge >= 0.3 is 0 Å². The monoisotopic (exact) mass is 309 g/mol. The van der Waals surface area contributed by atoms with Crippen LogP contribution in [0.1, 0.15) is 29.0 Å². The minimum absolute atomic E-state index is 0.286. The highest BCUT2D eigenvalue weighted by molar-refractivity contribution is 9.10. The maximum atomic E-state index is 3.62. The number of thiophene rings is 1. The molecule has 17 heavy (non-hydrogen) atoms. The highest BCUT2D eigenvalue weighted by Crippen LogP contribution is 2.33. The van der Waals surface area contributed by atoms with Crippen LogP contribution in [-0.2, 0) is 0 Å². The molecule has 1 atom stereocenters. The average Bonchev–Trinajstić information content (AvgIpc) is 2.72. The van der Waals surface area contributed by atoms with E-state index < -0.39 is 0 Å². The van der Waals surface area contributed by atoms with Crippen molar-refractivity contribution in [1.82, 2.24) is 5.32 Å². The standard InChI is InChI=1S/C14H16BrNS/c1-3-16-13(14-12(15)7-8-17-14)11-6-4-5-10(2)9-11/h4-9,13,16H,3H2,1-2H3. The molecule has 0 bridgehead atoms. The van der Waals surface area contributed by atoms with Crippen LogP contribution >= 0.6 is 27.3 Å². The Kier molecular flexibility index (Phi) is 4.37. The molecule has 0 saturated carbocycles. The molecule has 1 heterocycles. The number of nitrogens with one attached hydrogen (secondary N) is 1. The van der Waals surface area contributed by atoms with Crippen molar-refractivity contribution >= 4 is 27.3 Å². The third-order valence-corrected chi connectivity index (χ3v) is 4.63. The van der Waals surface area contributed by atoms with Gasteiger partial charge in [0.05, 0.1) is 6.04 Å². The number of hydrogen-bond acceptors (Lipinski definition) is 2. The number of rotatable bonds is 4. The van der Waals surface area contributed by atoms with Gasteiger partial charge in [-0.25, -0.2) is 0 Å². The maximum Gasteiger partial charge on any atom is 0.0682 e. The zero-order valence-corrected chi connectivity index (χ0v) is 12.4. The summed E-state index contributed by atoms with van der Waals surface area (Å²) in [5.74, 6) is 0. The summed E-state index contributed by atoms with van der Waals surface area (Å²) < 4.78 is 1.19. The fourth-order valence-electron chi connectivity index (χ4n) is 1.93. The summed E-state index contributed by atoms with van der Waals surface area (Å²) in [6, 6.07) is 11.1. The van der Waals surface area contributed by atoms with E-state index in [9.17, 15) is 0 Å². The Morgan fingerprint density at radius 3 is 2.76 bits per heavy atom. The van der Waals surface area contributed by atoms with Gasteiger partial charge in [-0.15, -0.1) is 11.3 Å². The van der Waals surface area contributed by atoms with Crippen LogP contribution in [0.5, 0.6) is 0 Å². The molecule has 1 unspecified atom stereocenters. The summed E-state index contributed by atoms with van der Waals surface area (Å²) in [6.07, 6.45) is 0. The summed E-state index contributed by atoms with van der Waals surface area (Å²) in [4.78, 5) is 1.34. The lowest BCUT2D eigenvalue weighted by Gasteiger charge is -2.18. The van der Waals surface area contributed by atoms with Crippen LogP contribution in [0.15, 0.2) is 40.2 Å². The second-order valence-electron chi connectivity index (χ2n) is 4.04. The largest absolute Gasteiger partial charge is 0.306 e. The molecule has 1 aromatic heterocycles. The summed E-state index contributed by atoms with van der Waals surface area (Å²) in [5.41, 5.74) is 2.63. The summed E-state index contributed by atoms with van der Waals surface area (Å²) >= 11 is 5.41. The van der Waals surface area contributed by atoms with Crippen molar-refractivity contribution in [2.45, 2.75) is 19.9 Å². The molecule has 0 aliphatic carbocycles. The van der Waals surface area contributed by atoms with Crippen molar-refractivity contribution in [1.29, 1.82) is 0 Å². The first-order valence-electron chi connectivity index (χ1n) is 5.75. The van der Waals surface area contributed by atoms with Crippen molar-refractivity contribution in [3.63, 3.8) is 0 Å². The van der Waals surface area contributed by atoms with E-state index in [1.807, 2.05) is 0 Å². The van der Waals surface area contributed by atoms with E-state index in [2.05, 4.69) is 70.8 Å². The van der Waals surface area contributed by atoms with E-state index in [1.54, 1.807) is 11.3 Å². The molecule has 3 heteroatoms. The highest BCUT2D eigenvalue weighted by Gasteiger charge is 2.16. The van der Waals surface area contributed by atoms with Gasteiger partial charge in [-0.3, -0.25) is 0 Å². The molecule has 2 aromatic rings. The van der Waals surface area contributed by atoms with Gasteiger partial charge in [0.2, 0.25) is 0 Å². The predicted molar refractivity (Wildman–Crippen MR) is 78.7 cm³/mol. The van der Waals surface area contributed by atoms with Gasteiger partial charge in [-0.05, 0) is 46.4 Å². The second kappa shape index (κ2) is 5.80. The molecule has 0 aliphatic rings. The van der Waals surface area contributed by atoms with Crippen LogP contribution in [0.3, 0.4) is 0 Å². The van der Waals surface area contributed by atoms with Crippen molar-refractivity contribution in [2.24, 2.45) is 0 Å². The highest BCUT2D eigenvalue weighted by atomic mass is 79.9.